The first-order chi connectivity index (χ1) is 18.6. The SMILES string of the molecule is NC(N)=NCCC[C@@H]1NC(=O)[C@H](Cc2ccc(O)cc2)NC(=O)[C@H](Cc2ccc(Cl)cc2)NC(=O)CNC1=O. The van der Waals surface area contributed by atoms with E-state index in [0.29, 0.717) is 17.0 Å². The Hall–Kier alpha value is -4.32. The number of benzene rings is 2. The molecule has 2 aromatic rings. The summed E-state index contributed by atoms with van der Waals surface area (Å²) in [5.41, 5.74) is 12.1. The van der Waals surface area contributed by atoms with E-state index >= 15 is 0 Å². The number of nitrogens with one attached hydrogen (secondary N) is 4. The van der Waals surface area contributed by atoms with E-state index in [1.807, 2.05) is 0 Å². The molecule has 1 aliphatic rings. The molecule has 0 saturated carbocycles. The van der Waals surface area contributed by atoms with Gasteiger partial charge in [-0.1, -0.05) is 35.9 Å². The molecule has 0 spiro atoms. The monoisotopic (exact) mass is 557 g/mol. The topological polar surface area (TPSA) is 201 Å². The van der Waals surface area contributed by atoms with Crippen LogP contribution in [0.1, 0.15) is 24.0 Å². The van der Waals surface area contributed by atoms with Crippen molar-refractivity contribution >= 4 is 41.2 Å². The number of rotatable bonds is 8. The third-order valence-corrected chi connectivity index (χ3v) is 6.27. The molecular weight excluding hydrogens is 526 g/mol. The number of amides is 4. The number of guanidine groups is 1. The summed E-state index contributed by atoms with van der Waals surface area (Å²) < 4.78 is 0. The predicted octanol–water partition coefficient (Wildman–Crippen LogP) is -0.531. The molecule has 2 aromatic carbocycles. The highest BCUT2D eigenvalue weighted by molar-refractivity contribution is 6.30. The maximum atomic E-state index is 13.4. The van der Waals surface area contributed by atoms with Gasteiger partial charge in [-0.3, -0.25) is 24.2 Å². The largest absolute Gasteiger partial charge is 0.508 e. The van der Waals surface area contributed by atoms with Gasteiger partial charge in [0.2, 0.25) is 23.6 Å². The summed E-state index contributed by atoms with van der Waals surface area (Å²) in [5.74, 6) is -2.34. The third-order valence-electron chi connectivity index (χ3n) is 6.02. The van der Waals surface area contributed by atoms with Crippen LogP contribution in [0.2, 0.25) is 5.02 Å². The summed E-state index contributed by atoms with van der Waals surface area (Å²) in [6.45, 7) is -0.150. The predicted molar refractivity (Wildman–Crippen MR) is 146 cm³/mol. The van der Waals surface area contributed by atoms with Crippen molar-refractivity contribution in [2.45, 2.75) is 43.8 Å². The number of hydrogen-bond acceptors (Lipinski definition) is 6. The minimum absolute atomic E-state index is 0.0502. The molecule has 13 heteroatoms. The number of phenolic OH excluding ortho intramolecular Hbond substituents is 1. The Labute approximate surface area is 230 Å². The van der Waals surface area contributed by atoms with Crippen molar-refractivity contribution in [1.29, 1.82) is 0 Å². The number of nitrogens with two attached hydrogens (primary N) is 2. The van der Waals surface area contributed by atoms with Crippen LogP contribution in [-0.2, 0) is 32.0 Å². The maximum absolute atomic E-state index is 13.4. The Morgan fingerprint density at radius 2 is 1.36 bits per heavy atom. The van der Waals surface area contributed by atoms with Crippen molar-refractivity contribution in [3.63, 3.8) is 0 Å². The van der Waals surface area contributed by atoms with Crippen molar-refractivity contribution in [2.24, 2.45) is 16.5 Å². The smallest absolute Gasteiger partial charge is 0.243 e. The molecule has 9 N–H and O–H groups in total. The van der Waals surface area contributed by atoms with E-state index < -0.39 is 41.8 Å². The van der Waals surface area contributed by atoms with Gasteiger partial charge in [-0.05, 0) is 48.2 Å². The Balaban J connectivity index is 1.86. The zero-order chi connectivity index (χ0) is 28.4. The molecule has 1 heterocycles. The number of aliphatic imine (C=N–C) groups is 1. The number of carbonyl (C=O) groups excluding carboxylic acids is 4. The standard InChI is InChI=1S/C26H32ClN7O5/c27-17-7-3-15(4-8-17)12-20-24(38)34-21(13-16-5-9-18(35)10-6-16)25(39)33-19(2-1-11-30-26(28)29)23(37)31-14-22(36)32-20/h3-10,19-21,35H,1-2,11-14H2,(H,31,37)(H,32,36)(H,33,39)(H,34,38)(H4,28,29,30)/t19-,20-,21-/m0/s1. The first-order valence-electron chi connectivity index (χ1n) is 12.4. The molecule has 0 unspecified atom stereocenters. The molecule has 0 radical (unpaired) electrons. The van der Waals surface area contributed by atoms with Crippen LogP contribution in [0.3, 0.4) is 0 Å². The summed E-state index contributed by atoms with van der Waals surface area (Å²) in [6.07, 6.45) is 0.765. The lowest BCUT2D eigenvalue weighted by Gasteiger charge is -2.27. The van der Waals surface area contributed by atoms with Gasteiger partial charge in [0, 0.05) is 24.4 Å². The lowest BCUT2D eigenvalue weighted by Crippen LogP contribution is -2.60. The average Bonchev–Trinajstić information content (AvgIpc) is 2.89. The van der Waals surface area contributed by atoms with Crippen LogP contribution in [-0.4, -0.2) is 65.9 Å². The lowest BCUT2D eigenvalue weighted by atomic mass is 10.0. The molecule has 39 heavy (non-hydrogen) atoms. The Kier molecular flexibility index (Phi) is 10.5. The van der Waals surface area contributed by atoms with Crippen molar-refractivity contribution < 1.29 is 24.3 Å². The lowest BCUT2D eigenvalue weighted by molar-refractivity contribution is -0.135. The molecule has 208 valence electrons. The maximum Gasteiger partial charge on any atom is 0.243 e. The Bertz CT molecular complexity index is 1200. The van der Waals surface area contributed by atoms with Crippen LogP contribution < -0.4 is 32.7 Å². The normalized spacial score (nSPS) is 20.4. The molecule has 0 bridgehead atoms. The number of hydrogen-bond donors (Lipinski definition) is 7. The van der Waals surface area contributed by atoms with Crippen molar-refractivity contribution in [1.82, 2.24) is 21.3 Å². The first kappa shape index (κ1) is 29.2. The average molecular weight is 558 g/mol. The van der Waals surface area contributed by atoms with E-state index in [-0.39, 0.29) is 44.1 Å². The van der Waals surface area contributed by atoms with Gasteiger partial charge in [-0.25, -0.2) is 0 Å². The van der Waals surface area contributed by atoms with Crippen LogP contribution in [0.25, 0.3) is 0 Å². The number of phenols is 1. The summed E-state index contributed by atoms with van der Waals surface area (Å²) in [6, 6.07) is 9.86. The fraction of sp³-hybridized carbons (Fsp3) is 0.346. The first-order valence-corrected chi connectivity index (χ1v) is 12.7. The highest BCUT2D eigenvalue weighted by Crippen LogP contribution is 2.14. The van der Waals surface area contributed by atoms with E-state index in [9.17, 15) is 24.3 Å². The van der Waals surface area contributed by atoms with Crippen LogP contribution >= 0.6 is 11.6 Å². The molecule has 4 amide bonds. The van der Waals surface area contributed by atoms with Crippen molar-refractivity contribution in [3.05, 3.63) is 64.7 Å². The third kappa shape index (κ3) is 9.49. The molecule has 1 fully saturated rings. The zero-order valence-corrected chi connectivity index (χ0v) is 21.9. The van der Waals surface area contributed by atoms with Crippen LogP contribution in [0.4, 0.5) is 0 Å². The highest BCUT2D eigenvalue weighted by atomic mass is 35.5. The number of halogens is 1. The minimum atomic E-state index is -1.08. The van der Waals surface area contributed by atoms with E-state index in [2.05, 4.69) is 26.3 Å². The van der Waals surface area contributed by atoms with Crippen LogP contribution in [0.15, 0.2) is 53.5 Å². The number of carbonyl (C=O) groups is 4. The van der Waals surface area contributed by atoms with Gasteiger partial charge in [-0.2, -0.15) is 0 Å². The highest BCUT2D eigenvalue weighted by Gasteiger charge is 2.31. The zero-order valence-electron chi connectivity index (χ0n) is 21.2. The second kappa shape index (κ2) is 14.0. The van der Waals surface area contributed by atoms with Gasteiger partial charge >= 0.3 is 0 Å². The summed E-state index contributed by atoms with van der Waals surface area (Å²) in [5, 5.41) is 20.7. The van der Waals surface area contributed by atoms with Gasteiger partial charge in [0.15, 0.2) is 5.96 Å². The summed E-state index contributed by atoms with van der Waals surface area (Å²) in [7, 11) is 0. The fourth-order valence-corrected chi connectivity index (χ4v) is 4.12. The molecule has 3 rings (SSSR count). The second-order valence-electron chi connectivity index (χ2n) is 9.11. The number of nitrogens with zero attached hydrogens (tertiary/aromatic N) is 1. The van der Waals surface area contributed by atoms with Gasteiger partial charge in [0.25, 0.3) is 0 Å². The van der Waals surface area contributed by atoms with Crippen LogP contribution in [0, 0.1) is 0 Å². The molecule has 0 aromatic heterocycles. The van der Waals surface area contributed by atoms with E-state index in [1.165, 1.54) is 12.1 Å². The summed E-state index contributed by atoms with van der Waals surface area (Å²) >= 11 is 5.96. The van der Waals surface area contributed by atoms with Crippen molar-refractivity contribution in [2.75, 3.05) is 13.1 Å². The molecule has 12 nitrogen and oxygen atoms in total. The fourth-order valence-electron chi connectivity index (χ4n) is 4.00. The Morgan fingerprint density at radius 3 is 1.95 bits per heavy atom. The van der Waals surface area contributed by atoms with E-state index in [4.69, 9.17) is 23.1 Å². The van der Waals surface area contributed by atoms with Crippen LogP contribution in [0.5, 0.6) is 5.75 Å². The van der Waals surface area contributed by atoms with Gasteiger partial charge < -0.3 is 37.8 Å². The summed E-state index contributed by atoms with van der Waals surface area (Å²) in [4.78, 5) is 56.2. The van der Waals surface area contributed by atoms with E-state index in [1.54, 1.807) is 36.4 Å². The van der Waals surface area contributed by atoms with Gasteiger partial charge in [0.1, 0.15) is 23.9 Å². The quantitative estimate of drug-likeness (QED) is 0.128. The van der Waals surface area contributed by atoms with Crippen molar-refractivity contribution in [3.8, 4) is 5.75 Å². The second-order valence-corrected chi connectivity index (χ2v) is 9.55. The van der Waals surface area contributed by atoms with Gasteiger partial charge in [-0.15, -0.1) is 0 Å². The molecule has 3 atom stereocenters. The molecule has 1 aliphatic heterocycles. The van der Waals surface area contributed by atoms with Gasteiger partial charge in [0.05, 0.1) is 6.54 Å². The molecule has 1 saturated heterocycles. The minimum Gasteiger partial charge on any atom is -0.508 e. The molecule has 0 aliphatic carbocycles. The van der Waals surface area contributed by atoms with E-state index in [0.717, 1.165) is 5.56 Å². The Morgan fingerprint density at radius 1 is 0.821 bits per heavy atom. The number of aromatic hydroxyl groups is 1. The molecular formula is C26H32ClN7O5.